The average molecular weight is 277 g/mol. The number of carbonyl (C=O) groups excluding carboxylic acids is 1. The monoisotopic (exact) mass is 277 g/mol. The lowest BCUT2D eigenvalue weighted by Gasteiger charge is -2.37. The van der Waals surface area contributed by atoms with Crippen LogP contribution in [0.25, 0.3) is 0 Å². The molecule has 0 spiro atoms. The molecule has 1 amide bonds. The van der Waals surface area contributed by atoms with Crippen molar-refractivity contribution in [2.75, 3.05) is 6.61 Å². The van der Waals surface area contributed by atoms with E-state index in [1.165, 1.54) is 6.42 Å². The molecule has 0 bridgehead atoms. The number of carbonyl (C=O) groups is 1. The Balaban J connectivity index is 1.93. The molecule has 0 heterocycles. The normalized spacial score (nSPS) is 19.1. The van der Waals surface area contributed by atoms with E-state index in [9.17, 15) is 9.90 Å². The van der Waals surface area contributed by atoms with Crippen molar-refractivity contribution in [1.29, 1.82) is 0 Å². The van der Waals surface area contributed by atoms with Crippen molar-refractivity contribution in [2.24, 2.45) is 0 Å². The first-order valence-corrected chi connectivity index (χ1v) is 7.30. The molecule has 0 radical (unpaired) electrons. The van der Waals surface area contributed by atoms with E-state index in [1.807, 2.05) is 30.3 Å². The smallest absolute Gasteiger partial charge is 0.261 e. The first kappa shape index (κ1) is 14.9. The van der Waals surface area contributed by atoms with Crippen molar-refractivity contribution in [1.82, 2.24) is 5.32 Å². The standard InChI is InChI=1S/C16H23NO3/c1-13(20-14-8-4-2-5-9-14)15(19)17-16(12-18)10-6-3-7-11-16/h2,4-5,8-9,13,18H,3,6-7,10-12H2,1H3,(H,17,19). The van der Waals surface area contributed by atoms with Crippen LogP contribution in [0.15, 0.2) is 30.3 Å². The molecule has 110 valence electrons. The van der Waals surface area contributed by atoms with Gasteiger partial charge in [-0.1, -0.05) is 37.5 Å². The van der Waals surface area contributed by atoms with E-state index in [0.29, 0.717) is 5.75 Å². The maximum absolute atomic E-state index is 12.2. The highest BCUT2D eigenvalue weighted by Gasteiger charge is 2.34. The van der Waals surface area contributed by atoms with Crippen molar-refractivity contribution < 1.29 is 14.6 Å². The first-order chi connectivity index (χ1) is 9.65. The molecule has 1 aromatic carbocycles. The van der Waals surface area contributed by atoms with Gasteiger partial charge in [0.2, 0.25) is 0 Å². The zero-order chi connectivity index (χ0) is 14.4. The summed E-state index contributed by atoms with van der Waals surface area (Å²) in [6.45, 7) is 1.73. The molecule has 1 saturated carbocycles. The Labute approximate surface area is 120 Å². The molecule has 1 fully saturated rings. The van der Waals surface area contributed by atoms with Crippen LogP contribution in [0.4, 0.5) is 0 Å². The third-order valence-electron chi connectivity index (χ3n) is 3.93. The number of ether oxygens (including phenoxy) is 1. The van der Waals surface area contributed by atoms with Crippen molar-refractivity contribution in [3.8, 4) is 5.75 Å². The van der Waals surface area contributed by atoms with Crippen molar-refractivity contribution in [2.45, 2.75) is 50.7 Å². The number of nitrogens with one attached hydrogen (secondary N) is 1. The maximum atomic E-state index is 12.2. The highest BCUT2D eigenvalue weighted by atomic mass is 16.5. The lowest BCUT2D eigenvalue weighted by molar-refractivity contribution is -0.130. The Bertz CT molecular complexity index is 427. The Kier molecular flexibility index (Phi) is 5.01. The fraction of sp³-hybridized carbons (Fsp3) is 0.562. The summed E-state index contributed by atoms with van der Waals surface area (Å²) in [5, 5.41) is 12.6. The van der Waals surface area contributed by atoms with Crippen LogP contribution >= 0.6 is 0 Å². The molecule has 1 unspecified atom stereocenters. The molecule has 1 aliphatic rings. The molecule has 2 rings (SSSR count). The molecule has 2 N–H and O–H groups in total. The summed E-state index contributed by atoms with van der Waals surface area (Å²) in [6.07, 6.45) is 4.39. The van der Waals surface area contributed by atoms with Crippen molar-refractivity contribution >= 4 is 5.91 Å². The zero-order valence-corrected chi connectivity index (χ0v) is 12.0. The first-order valence-electron chi connectivity index (χ1n) is 7.30. The third kappa shape index (κ3) is 3.73. The number of hydrogen-bond acceptors (Lipinski definition) is 3. The Morgan fingerprint density at radius 1 is 1.30 bits per heavy atom. The minimum atomic E-state index is -0.567. The minimum absolute atomic E-state index is 0.00318. The predicted molar refractivity (Wildman–Crippen MR) is 77.6 cm³/mol. The van der Waals surface area contributed by atoms with E-state index in [4.69, 9.17) is 4.74 Å². The Morgan fingerprint density at radius 2 is 1.95 bits per heavy atom. The second-order valence-electron chi connectivity index (χ2n) is 5.56. The molecule has 4 nitrogen and oxygen atoms in total. The number of rotatable bonds is 5. The fourth-order valence-corrected chi connectivity index (χ4v) is 2.67. The Morgan fingerprint density at radius 3 is 2.55 bits per heavy atom. The van der Waals surface area contributed by atoms with E-state index < -0.39 is 11.6 Å². The second kappa shape index (κ2) is 6.75. The molecule has 0 aliphatic heterocycles. The van der Waals surface area contributed by atoms with Gasteiger partial charge in [0, 0.05) is 0 Å². The third-order valence-corrected chi connectivity index (χ3v) is 3.93. The van der Waals surface area contributed by atoms with Gasteiger partial charge in [0.1, 0.15) is 5.75 Å². The lowest BCUT2D eigenvalue weighted by atomic mass is 9.82. The summed E-state index contributed by atoms with van der Waals surface area (Å²) in [6, 6.07) is 9.30. The molecule has 0 saturated heterocycles. The summed E-state index contributed by atoms with van der Waals surface area (Å²) in [4.78, 5) is 12.2. The van der Waals surface area contributed by atoms with Gasteiger partial charge in [-0.25, -0.2) is 0 Å². The molecule has 20 heavy (non-hydrogen) atoms. The van der Waals surface area contributed by atoms with Gasteiger partial charge >= 0.3 is 0 Å². The van der Waals surface area contributed by atoms with Gasteiger partial charge < -0.3 is 15.2 Å². The van der Waals surface area contributed by atoms with Crippen LogP contribution in [0, 0.1) is 0 Å². The highest BCUT2D eigenvalue weighted by molar-refractivity contribution is 5.81. The van der Waals surface area contributed by atoms with Crippen LogP contribution in [-0.4, -0.2) is 29.3 Å². The number of hydrogen-bond donors (Lipinski definition) is 2. The topological polar surface area (TPSA) is 58.6 Å². The van der Waals surface area contributed by atoms with Crippen LogP contribution < -0.4 is 10.1 Å². The van der Waals surface area contributed by atoms with Gasteiger partial charge in [-0.05, 0) is 31.9 Å². The van der Waals surface area contributed by atoms with Gasteiger partial charge in [-0.3, -0.25) is 4.79 Å². The van der Waals surface area contributed by atoms with E-state index in [0.717, 1.165) is 25.7 Å². The number of para-hydroxylation sites is 1. The van der Waals surface area contributed by atoms with E-state index >= 15 is 0 Å². The van der Waals surface area contributed by atoms with Crippen LogP contribution in [-0.2, 0) is 4.79 Å². The van der Waals surface area contributed by atoms with Crippen molar-refractivity contribution in [3.05, 3.63) is 30.3 Å². The van der Waals surface area contributed by atoms with Gasteiger partial charge in [0.05, 0.1) is 12.1 Å². The molecular weight excluding hydrogens is 254 g/mol. The van der Waals surface area contributed by atoms with Crippen molar-refractivity contribution in [3.63, 3.8) is 0 Å². The van der Waals surface area contributed by atoms with Gasteiger partial charge in [-0.15, -0.1) is 0 Å². The van der Waals surface area contributed by atoms with Gasteiger partial charge in [-0.2, -0.15) is 0 Å². The lowest BCUT2D eigenvalue weighted by Crippen LogP contribution is -2.55. The molecule has 1 aliphatic carbocycles. The SMILES string of the molecule is CC(Oc1ccccc1)C(=O)NC1(CO)CCCCC1. The molecular formula is C16H23NO3. The van der Waals surface area contributed by atoms with Gasteiger partial charge in [0.15, 0.2) is 6.10 Å². The van der Waals surface area contributed by atoms with Crippen LogP contribution in [0.3, 0.4) is 0 Å². The van der Waals surface area contributed by atoms with Gasteiger partial charge in [0.25, 0.3) is 5.91 Å². The molecule has 1 aromatic rings. The molecule has 0 aromatic heterocycles. The molecule has 4 heteroatoms. The van der Waals surface area contributed by atoms with Crippen LogP contribution in [0.1, 0.15) is 39.0 Å². The van der Waals surface area contributed by atoms with Crippen LogP contribution in [0.5, 0.6) is 5.75 Å². The summed E-state index contributed by atoms with van der Waals surface area (Å²) >= 11 is 0. The maximum Gasteiger partial charge on any atom is 0.261 e. The highest BCUT2D eigenvalue weighted by Crippen LogP contribution is 2.28. The zero-order valence-electron chi connectivity index (χ0n) is 12.0. The minimum Gasteiger partial charge on any atom is -0.481 e. The number of aliphatic hydroxyl groups excluding tert-OH is 1. The largest absolute Gasteiger partial charge is 0.481 e. The Hall–Kier alpha value is -1.55. The summed E-state index contributed by atoms with van der Waals surface area (Å²) in [5.41, 5.74) is -0.455. The van der Waals surface area contributed by atoms with Crippen LogP contribution in [0.2, 0.25) is 0 Å². The predicted octanol–water partition coefficient (Wildman–Crippen LogP) is 2.27. The van der Waals surface area contributed by atoms with E-state index in [2.05, 4.69) is 5.32 Å². The summed E-state index contributed by atoms with van der Waals surface area (Å²) < 4.78 is 5.61. The summed E-state index contributed by atoms with van der Waals surface area (Å²) in [5.74, 6) is 0.515. The summed E-state index contributed by atoms with van der Waals surface area (Å²) in [7, 11) is 0. The second-order valence-corrected chi connectivity index (χ2v) is 5.56. The number of benzene rings is 1. The fourth-order valence-electron chi connectivity index (χ4n) is 2.67. The molecule has 1 atom stereocenters. The number of aliphatic hydroxyl groups is 1. The number of amides is 1. The van der Waals surface area contributed by atoms with E-state index in [1.54, 1.807) is 6.92 Å². The quantitative estimate of drug-likeness (QED) is 0.868. The van der Waals surface area contributed by atoms with E-state index in [-0.39, 0.29) is 12.5 Å². The average Bonchev–Trinajstić information content (AvgIpc) is 2.49.